The van der Waals surface area contributed by atoms with E-state index in [0.29, 0.717) is 4.90 Å². The van der Waals surface area contributed by atoms with Crippen molar-refractivity contribution >= 4 is 33.7 Å². The summed E-state index contributed by atoms with van der Waals surface area (Å²) in [6.07, 6.45) is 3.57. The quantitative estimate of drug-likeness (QED) is 0.612. The Hall–Kier alpha value is -0.780. The molecule has 2 N–H and O–H groups in total. The molecule has 0 saturated heterocycles. The number of benzene rings is 1. The Bertz CT molecular complexity index is 493. The molecule has 0 bridgehead atoms. The lowest BCUT2D eigenvalue weighted by Gasteiger charge is -1.96. The summed E-state index contributed by atoms with van der Waals surface area (Å²) in [4.78, 5) is 4.55. The maximum Gasteiger partial charge on any atom is 0.188 e. The Morgan fingerprint density at radius 2 is 2.29 bits per heavy atom. The van der Waals surface area contributed by atoms with Crippen LogP contribution >= 0.6 is 11.8 Å². The van der Waals surface area contributed by atoms with Crippen LogP contribution in [0.25, 0.3) is 10.9 Å². The van der Waals surface area contributed by atoms with Crippen LogP contribution < -0.4 is 0 Å². The standard InChI is InChI=1S/C9H9NO2S2/c1-13-6-2-3-7-8(4-6)10-5-9(7)14(11)12/h2-5,10H,1H3,(H,11,12). The lowest BCUT2D eigenvalue weighted by molar-refractivity contribution is 0.565. The van der Waals surface area contributed by atoms with Crippen molar-refractivity contribution in [2.24, 2.45) is 0 Å². The van der Waals surface area contributed by atoms with E-state index in [-0.39, 0.29) is 0 Å². The normalized spacial score (nSPS) is 13.3. The molecule has 2 aromatic rings. The van der Waals surface area contributed by atoms with Gasteiger partial charge in [-0.1, -0.05) is 6.07 Å². The first-order valence-corrected chi connectivity index (χ1v) is 6.31. The smallest absolute Gasteiger partial charge is 0.188 e. The highest BCUT2D eigenvalue weighted by molar-refractivity contribution is 7.98. The number of H-pyrrole nitrogens is 1. The maximum atomic E-state index is 10.9. The molecule has 3 nitrogen and oxygen atoms in total. The second-order valence-corrected chi connectivity index (χ2v) is 4.63. The molecule has 1 heterocycles. The summed E-state index contributed by atoms with van der Waals surface area (Å²) in [7, 11) is 0. The highest BCUT2D eigenvalue weighted by atomic mass is 32.2. The highest BCUT2D eigenvalue weighted by Gasteiger charge is 2.08. The zero-order valence-electron chi connectivity index (χ0n) is 7.48. The van der Waals surface area contributed by atoms with Gasteiger partial charge in [0.25, 0.3) is 0 Å². The highest BCUT2D eigenvalue weighted by Crippen LogP contribution is 2.25. The molecule has 1 atom stereocenters. The third-order valence-electron chi connectivity index (χ3n) is 2.04. The van der Waals surface area contributed by atoms with Gasteiger partial charge in [0.1, 0.15) is 0 Å². The summed E-state index contributed by atoms with van der Waals surface area (Å²) in [5.74, 6) is 0. The van der Waals surface area contributed by atoms with Crippen LogP contribution in [0.4, 0.5) is 0 Å². The van der Waals surface area contributed by atoms with E-state index >= 15 is 0 Å². The van der Waals surface area contributed by atoms with Crippen LogP contribution in [0.2, 0.25) is 0 Å². The Balaban J connectivity index is 2.65. The molecule has 0 aliphatic carbocycles. The molecule has 1 unspecified atom stereocenters. The van der Waals surface area contributed by atoms with Crippen molar-refractivity contribution in [2.45, 2.75) is 9.79 Å². The van der Waals surface area contributed by atoms with E-state index in [0.717, 1.165) is 15.8 Å². The molecule has 0 aliphatic rings. The molecule has 0 radical (unpaired) electrons. The van der Waals surface area contributed by atoms with E-state index in [2.05, 4.69) is 4.98 Å². The molecule has 0 fully saturated rings. The third-order valence-corrected chi connectivity index (χ3v) is 3.48. The van der Waals surface area contributed by atoms with E-state index in [4.69, 9.17) is 4.55 Å². The fourth-order valence-electron chi connectivity index (χ4n) is 1.35. The van der Waals surface area contributed by atoms with Gasteiger partial charge < -0.3 is 9.54 Å². The first-order valence-electron chi connectivity index (χ1n) is 3.98. The predicted octanol–water partition coefficient (Wildman–Crippen LogP) is 2.47. The molecule has 2 rings (SSSR count). The van der Waals surface area contributed by atoms with Crippen LogP contribution in [-0.2, 0) is 11.1 Å². The molecular weight excluding hydrogens is 218 g/mol. The van der Waals surface area contributed by atoms with Gasteiger partial charge in [-0.3, -0.25) is 0 Å². The third kappa shape index (κ3) is 1.58. The van der Waals surface area contributed by atoms with Crippen LogP contribution in [0.15, 0.2) is 34.2 Å². The monoisotopic (exact) mass is 227 g/mol. The zero-order valence-corrected chi connectivity index (χ0v) is 9.11. The number of hydrogen-bond acceptors (Lipinski definition) is 2. The zero-order chi connectivity index (χ0) is 10.1. The van der Waals surface area contributed by atoms with Crippen molar-refractivity contribution in [3.8, 4) is 0 Å². The summed E-state index contributed by atoms with van der Waals surface area (Å²) < 4.78 is 19.9. The summed E-state index contributed by atoms with van der Waals surface area (Å²) in [6, 6.07) is 5.77. The van der Waals surface area contributed by atoms with E-state index < -0.39 is 11.1 Å². The van der Waals surface area contributed by atoms with E-state index in [9.17, 15) is 4.21 Å². The maximum absolute atomic E-state index is 10.9. The lowest BCUT2D eigenvalue weighted by atomic mass is 10.2. The number of thioether (sulfide) groups is 1. The van der Waals surface area contributed by atoms with Gasteiger partial charge in [0.15, 0.2) is 11.1 Å². The Labute approximate surface area is 88.2 Å². The number of nitrogens with one attached hydrogen (secondary N) is 1. The average molecular weight is 227 g/mol. The molecule has 14 heavy (non-hydrogen) atoms. The van der Waals surface area contributed by atoms with Gasteiger partial charge >= 0.3 is 0 Å². The largest absolute Gasteiger partial charge is 0.360 e. The fourth-order valence-corrected chi connectivity index (χ4v) is 2.32. The summed E-state index contributed by atoms with van der Waals surface area (Å²) >= 11 is -0.276. The first-order chi connectivity index (χ1) is 6.72. The topological polar surface area (TPSA) is 53.1 Å². The lowest BCUT2D eigenvalue weighted by Crippen LogP contribution is -1.84. The van der Waals surface area contributed by atoms with Crippen molar-refractivity contribution in [1.82, 2.24) is 4.98 Å². The molecule has 0 saturated carbocycles. The SMILES string of the molecule is CSc1ccc2c(S(=O)O)c[nH]c2c1. The Morgan fingerprint density at radius 3 is 2.93 bits per heavy atom. The van der Waals surface area contributed by atoms with Crippen LogP contribution in [0.5, 0.6) is 0 Å². The number of rotatable bonds is 2. The molecule has 1 aromatic carbocycles. The van der Waals surface area contributed by atoms with E-state index in [1.807, 2.05) is 24.5 Å². The molecule has 0 amide bonds. The van der Waals surface area contributed by atoms with Gasteiger partial charge in [-0.2, -0.15) is 0 Å². The first kappa shape index (κ1) is 9.76. The molecule has 74 valence electrons. The van der Waals surface area contributed by atoms with Crippen molar-refractivity contribution in [2.75, 3.05) is 6.26 Å². The summed E-state index contributed by atoms with van der Waals surface area (Å²) in [5.41, 5.74) is 0.897. The fraction of sp³-hybridized carbons (Fsp3) is 0.111. The van der Waals surface area contributed by atoms with Crippen LogP contribution in [0, 0.1) is 0 Å². The molecule has 0 aliphatic heterocycles. The second-order valence-electron chi connectivity index (χ2n) is 2.81. The average Bonchev–Trinajstić information content (AvgIpc) is 2.59. The van der Waals surface area contributed by atoms with Crippen molar-refractivity contribution in [3.63, 3.8) is 0 Å². The van der Waals surface area contributed by atoms with Crippen molar-refractivity contribution < 1.29 is 8.76 Å². The van der Waals surface area contributed by atoms with E-state index in [1.165, 1.54) is 0 Å². The van der Waals surface area contributed by atoms with Gasteiger partial charge in [-0.15, -0.1) is 11.8 Å². The van der Waals surface area contributed by atoms with Gasteiger partial charge in [0.05, 0.1) is 4.90 Å². The van der Waals surface area contributed by atoms with Crippen LogP contribution in [0.3, 0.4) is 0 Å². The van der Waals surface area contributed by atoms with Crippen LogP contribution in [0.1, 0.15) is 0 Å². The minimum atomic E-state index is -1.92. The van der Waals surface area contributed by atoms with Gasteiger partial charge in [0.2, 0.25) is 0 Å². The molecule has 5 heteroatoms. The minimum Gasteiger partial charge on any atom is -0.360 e. The van der Waals surface area contributed by atoms with Crippen molar-refractivity contribution in [1.29, 1.82) is 0 Å². The number of hydrogen-bond donors (Lipinski definition) is 2. The number of aromatic nitrogens is 1. The molecular formula is C9H9NO2S2. The second kappa shape index (κ2) is 3.76. The minimum absolute atomic E-state index is 0.438. The van der Waals surface area contributed by atoms with Gasteiger partial charge in [-0.05, 0) is 18.4 Å². The van der Waals surface area contributed by atoms with Gasteiger partial charge in [0, 0.05) is 22.0 Å². The molecule has 0 spiro atoms. The van der Waals surface area contributed by atoms with Gasteiger partial charge in [-0.25, -0.2) is 4.21 Å². The van der Waals surface area contributed by atoms with E-state index in [1.54, 1.807) is 18.0 Å². The number of aromatic amines is 1. The predicted molar refractivity (Wildman–Crippen MR) is 59.1 cm³/mol. The molecule has 1 aromatic heterocycles. The van der Waals surface area contributed by atoms with Crippen LogP contribution in [-0.4, -0.2) is 20.0 Å². The summed E-state index contributed by atoms with van der Waals surface area (Å²) in [5, 5.41) is 0.809. The Morgan fingerprint density at radius 1 is 1.50 bits per heavy atom. The Kier molecular flexibility index (Phi) is 2.62. The van der Waals surface area contributed by atoms with Crippen molar-refractivity contribution in [3.05, 3.63) is 24.4 Å². The summed E-state index contributed by atoms with van der Waals surface area (Å²) in [6.45, 7) is 0. The number of fused-ring (bicyclic) bond motifs is 1.